The smallest absolute Gasteiger partial charge is 0.260 e. The van der Waals surface area contributed by atoms with Crippen LogP contribution in [0.1, 0.15) is 19.3 Å². The Labute approximate surface area is 148 Å². The number of ether oxygens (including phenoxy) is 1. The predicted octanol–water partition coefficient (Wildman–Crippen LogP) is 1.43. The van der Waals surface area contributed by atoms with Crippen LogP contribution in [0.3, 0.4) is 0 Å². The lowest BCUT2D eigenvalue weighted by molar-refractivity contribution is -0.133. The summed E-state index contributed by atoms with van der Waals surface area (Å²) in [6.07, 6.45) is 2.47. The Kier molecular flexibility index (Phi) is 6.45. The highest BCUT2D eigenvalue weighted by molar-refractivity contribution is 5.95. The summed E-state index contributed by atoms with van der Waals surface area (Å²) in [6, 6.07) is 7.64. The van der Waals surface area contributed by atoms with Crippen molar-refractivity contribution in [3.8, 4) is 5.75 Å². The molecule has 24 heavy (non-hydrogen) atoms. The molecular formula is C17H24ClN3O3. The van der Waals surface area contributed by atoms with Crippen LogP contribution in [0.5, 0.6) is 5.75 Å². The number of rotatable bonds is 5. The molecule has 3 rings (SSSR count). The van der Waals surface area contributed by atoms with Crippen molar-refractivity contribution in [3.63, 3.8) is 0 Å². The van der Waals surface area contributed by atoms with E-state index in [1.807, 2.05) is 31.3 Å². The number of amides is 2. The quantitative estimate of drug-likeness (QED) is 0.870. The van der Waals surface area contributed by atoms with Crippen LogP contribution in [0.4, 0.5) is 5.69 Å². The van der Waals surface area contributed by atoms with Crippen molar-refractivity contribution in [1.82, 2.24) is 10.2 Å². The molecule has 2 fully saturated rings. The van der Waals surface area contributed by atoms with Gasteiger partial charge < -0.3 is 19.9 Å². The van der Waals surface area contributed by atoms with E-state index in [9.17, 15) is 9.59 Å². The van der Waals surface area contributed by atoms with Gasteiger partial charge in [0.25, 0.3) is 5.91 Å². The fraction of sp³-hybridized carbons (Fsp3) is 0.529. The van der Waals surface area contributed by atoms with Gasteiger partial charge in [0.2, 0.25) is 5.91 Å². The zero-order valence-corrected chi connectivity index (χ0v) is 14.7. The van der Waals surface area contributed by atoms with Gasteiger partial charge in [0, 0.05) is 44.4 Å². The maximum Gasteiger partial charge on any atom is 0.260 e. The van der Waals surface area contributed by atoms with Gasteiger partial charge in [-0.15, -0.1) is 12.4 Å². The number of nitrogens with one attached hydrogen (secondary N) is 1. The number of hydrogen-bond acceptors (Lipinski definition) is 4. The number of nitrogens with zero attached hydrogens (tertiary/aromatic N) is 2. The van der Waals surface area contributed by atoms with Crippen molar-refractivity contribution >= 4 is 29.9 Å². The minimum absolute atomic E-state index is 0. The SMILES string of the molecule is CN(C(=O)COc1cccc(N2CCCC2=O)c1)C1CCNC1.Cl. The molecule has 0 radical (unpaired) electrons. The number of likely N-dealkylation sites (N-methyl/N-ethyl adjacent to an activating group) is 1. The number of hydrogen-bond donors (Lipinski definition) is 1. The Morgan fingerprint density at radius 2 is 2.29 bits per heavy atom. The highest BCUT2D eigenvalue weighted by Gasteiger charge is 2.24. The number of carbonyl (C=O) groups is 2. The largest absolute Gasteiger partial charge is 0.484 e. The summed E-state index contributed by atoms with van der Waals surface area (Å²) in [5, 5.41) is 3.25. The number of anilines is 1. The van der Waals surface area contributed by atoms with Crippen molar-refractivity contribution in [3.05, 3.63) is 24.3 Å². The highest BCUT2D eigenvalue weighted by atomic mass is 35.5. The Morgan fingerprint density at radius 3 is 2.96 bits per heavy atom. The molecule has 2 heterocycles. The molecule has 0 bridgehead atoms. The standard InChI is InChI=1S/C17H23N3O3.ClH/c1-19(14-7-8-18-11-14)17(22)12-23-15-5-2-4-13(10-15)20-9-3-6-16(20)21;/h2,4-5,10,14,18H,3,6-9,11-12H2,1H3;1H. The lowest BCUT2D eigenvalue weighted by Gasteiger charge is -2.24. The van der Waals surface area contributed by atoms with E-state index in [1.54, 1.807) is 9.80 Å². The van der Waals surface area contributed by atoms with Crippen LogP contribution in [0.15, 0.2) is 24.3 Å². The van der Waals surface area contributed by atoms with E-state index in [0.29, 0.717) is 12.2 Å². The molecule has 132 valence electrons. The number of halogens is 1. The second-order valence-electron chi connectivity index (χ2n) is 6.09. The maximum atomic E-state index is 12.2. The Morgan fingerprint density at radius 1 is 1.46 bits per heavy atom. The molecule has 0 aromatic heterocycles. The Hall–Kier alpha value is -1.79. The first kappa shape index (κ1) is 18.5. The van der Waals surface area contributed by atoms with E-state index in [4.69, 9.17) is 4.74 Å². The summed E-state index contributed by atoms with van der Waals surface area (Å²) in [5.41, 5.74) is 0.839. The van der Waals surface area contributed by atoms with E-state index in [2.05, 4.69) is 5.32 Å². The maximum absolute atomic E-state index is 12.2. The lowest BCUT2D eigenvalue weighted by atomic mass is 10.2. The zero-order valence-electron chi connectivity index (χ0n) is 13.9. The van der Waals surface area contributed by atoms with Crippen LogP contribution in [0.2, 0.25) is 0 Å². The predicted molar refractivity (Wildman–Crippen MR) is 94.8 cm³/mol. The molecule has 0 spiro atoms. The van der Waals surface area contributed by atoms with E-state index in [-0.39, 0.29) is 36.9 Å². The summed E-state index contributed by atoms with van der Waals surface area (Å²) in [6.45, 7) is 2.56. The summed E-state index contributed by atoms with van der Waals surface area (Å²) in [7, 11) is 1.82. The average molecular weight is 354 g/mol. The minimum Gasteiger partial charge on any atom is -0.484 e. The Balaban J connectivity index is 0.00000208. The summed E-state index contributed by atoms with van der Waals surface area (Å²) in [5.74, 6) is 0.738. The average Bonchev–Trinajstić information content (AvgIpc) is 3.23. The van der Waals surface area contributed by atoms with Gasteiger partial charge in [0.15, 0.2) is 6.61 Å². The third-order valence-corrected chi connectivity index (χ3v) is 4.54. The van der Waals surface area contributed by atoms with Gasteiger partial charge in [0.05, 0.1) is 0 Å². The molecular weight excluding hydrogens is 330 g/mol. The molecule has 1 N–H and O–H groups in total. The molecule has 2 aliphatic rings. The van der Waals surface area contributed by atoms with Gasteiger partial charge in [-0.3, -0.25) is 9.59 Å². The molecule has 0 aliphatic carbocycles. The van der Waals surface area contributed by atoms with Crippen LogP contribution >= 0.6 is 12.4 Å². The normalized spacial score (nSPS) is 20.0. The fourth-order valence-electron chi connectivity index (χ4n) is 3.08. The highest BCUT2D eigenvalue weighted by Crippen LogP contribution is 2.25. The van der Waals surface area contributed by atoms with Crippen molar-refractivity contribution in [1.29, 1.82) is 0 Å². The first-order valence-electron chi connectivity index (χ1n) is 8.15. The lowest BCUT2D eigenvalue weighted by Crippen LogP contribution is -2.40. The number of benzene rings is 1. The van der Waals surface area contributed by atoms with Gasteiger partial charge in [-0.1, -0.05) is 6.07 Å². The second kappa shape index (κ2) is 8.35. The topological polar surface area (TPSA) is 61.9 Å². The van der Waals surface area contributed by atoms with E-state index < -0.39 is 0 Å². The van der Waals surface area contributed by atoms with Crippen LogP contribution in [0, 0.1) is 0 Å². The van der Waals surface area contributed by atoms with E-state index >= 15 is 0 Å². The Bertz CT molecular complexity index is 590. The zero-order chi connectivity index (χ0) is 16.2. The van der Waals surface area contributed by atoms with Crippen molar-refractivity contribution in [2.24, 2.45) is 0 Å². The van der Waals surface area contributed by atoms with Crippen LogP contribution < -0.4 is 15.0 Å². The molecule has 1 aromatic carbocycles. The van der Waals surface area contributed by atoms with Crippen molar-refractivity contribution < 1.29 is 14.3 Å². The first-order valence-corrected chi connectivity index (χ1v) is 8.15. The van der Waals surface area contributed by atoms with E-state index in [0.717, 1.165) is 38.2 Å². The molecule has 2 amide bonds. The van der Waals surface area contributed by atoms with Gasteiger partial charge in [0.1, 0.15) is 5.75 Å². The summed E-state index contributed by atoms with van der Waals surface area (Å²) < 4.78 is 5.63. The third kappa shape index (κ3) is 4.19. The summed E-state index contributed by atoms with van der Waals surface area (Å²) >= 11 is 0. The molecule has 6 nitrogen and oxygen atoms in total. The second-order valence-corrected chi connectivity index (χ2v) is 6.09. The van der Waals surface area contributed by atoms with Crippen LogP contribution in [-0.4, -0.2) is 56.0 Å². The molecule has 0 saturated carbocycles. The summed E-state index contributed by atoms with van der Waals surface area (Å²) in [4.78, 5) is 27.5. The molecule has 7 heteroatoms. The monoisotopic (exact) mass is 353 g/mol. The molecule has 1 atom stereocenters. The van der Waals surface area contributed by atoms with E-state index in [1.165, 1.54) is 0 Å². The van der Waals surface area contributed by atoms with Crippen LogP contribution in [-0.2, 0) is 9.59 Å². The third-order valence-electron chi connectivity index (χ3n) is 4.54. The van der Waals surface area contributed by atoms with Crippen molar-refractivity contribution in [2.75, 3.05) is 38.2 Å². The van der Waals surface area contributed by atoms with Gasteiger partial charge in [-0.25, -0.2) is 0 Å². The fourth-order valence-corrected chi connectivity index (χ4v) is 3.08. The van der Waals surface area contributed by atoms with Crippen molar-refractivity contribution in [2.45, 2.75) is 25.3 Å². The van der Waals surface area contributed by atoms with Crippen LogP contribution in [0.25, 0.3) is 0 Å². The molecule has 2 saturated heterocycles. The molecule has 2 aliphatic heterocycles. The minimum atomic E-state index is -0.0265. The van der Waals surface area contributed by atoms with Gasteiger partial charge in [-0.2, -0.15) is 0 Å². The van der Waals surface area contributed by atoms with Gasteiger partial charge in [-0.05, 0) is 31.5 Å². The molecule has 1 aromatic rings. The number of carbonyl (C=O) groups excluding carboxylic acids is 2. The molecule has 1 unspecified atom stereocenters. The van der Waals surface area contributed by atoms with Gasteiger partial charge >= 0.3 is 0 Å². The first-order chi connectivity index (χ1) is 11.1.